The summed E-state index contributed by atoms with van der Waals surface area (Å²) in [5.74, 6) is -1.32. The van der Waals surface area contributed by atoms with Gasteiger partial charge in [-0.3, -0.25) is 9.78 Å². The number of hydrogen-bond acceptors (Lipinski definition) is 6. The van der Waals surface area contributed by atoms with Crippen LogP contribution in [0.2, 0.25) is 0 Å². The van der Waals surface area contributed by atoms with Gasteiger partial charge in [-0.2, -0.15) is 0 Å². The summed E-state index contributed by atoms with van der Waals surface area (Å²) in [6.45, 7) is 13.6. The first-order valence-electron chi connectivity index (χ1n) is 15.7. The van der Waals surface area contributed by atoms with Gasteiger partial charge in [0.05, 0.1) is 24.3 Å². The molecular weight excluding hydrogens is 555 g/mol. The molecule has 0 radical (unpaired) electrons. The summed E-state index contributed by atoms with van der Waals surface area (Å²) < 4.78 is 32.2. The number of nitrogens with zero attached hydrogens (tertiary/aromatic N) is 1. The highest BCUT2D eigenvalue weighted by Crippen LogP contribution is 2.44. The van der Waals surface area contributed by atoms with Gasteiger partial charge in [-0.1, -0.05) is 44.2 Å². The second-order valence-corrected chi connectivity index (χ2v) is 13.7. The fourth-order valence-electron chi connectivity index (χ4n) is 6.34. The normalized spacial score (nSPS) is 19.8. The summed E-state index contributed by atoms with van der Waals surface area (Å²) in [5, 5.41) is 0. The number of fused-ring (bicyclic) bond motifs is 3. The molecule has 1 fully saturated rings. The molecule has 2 N–H and O–H groups in total. The van der Waals surface area contributed by atoms with E-state index in [2.05, 4.69) is 38.1 Å². The molecule has 2 heterocycles. The molecule has 2 aliphatic rings. The number of nitrogens with two attached hydrogens (primary N) is 1. The number of nitrogen functional groups attached to an aromatic ring is 1. The quantitative estimate of drug-likeness (QED) is 0.226. The molecule has 1 aliphatic heterocycles. The maximum atomic E-state index is 14.2. The lowest BCUT2D eigenvalue weighted by Crippen LogP contribution is -2.45. The predicted octanol–water partition coefficient (Wildman–Crippen LogP) is 8.40. The lowest BCUT2D eigenvalue weighted by Gasteiger charge is -2.40. The molecule has 1 aromatic heterocycles. The predicted molar refractivity (Wildman–Crippen MR) is 174 cm³/mol. The number of anilines is 1. The smallest absolute Gasteiger partial charge is 0.308 e. The largest absolute Gasteiger partial charge is 0.460 e. The Labute approximate surface area is 260 Å². The maximum Gasteiger partial charge on any atom is 0.308 e. The van der Waals surface area contributed by atoms with Gasteiger partial charge in [-0.05, 0) is 101 Å². The third kappa shape index (κ3) is 7.39. The number of carbonyl (C=O) groups is 1. The Bertz CT molecular complexity index is 1550. The Kier molecular flexibility index (Phi) is 9.01. The highest BCUT2D eigenvalue weighted by Gasteiger charge is 2.36. The van der Waals surface area contributed by atoms with Crippen LogP contribution in [0.15, 0.2) is 48.5 Å². The van der Waals surface area contributed by atoms with Gasteiger partial charge in [0, 0.05) is 34.5 Å². The van der Waals surface area contributed by atoms with Gasteiger partial charge in [0.15, 0.2) is 5.79 Å². The van der Waals surface area contributed by atoms with E-state index in [1.54, 1.807) is 0 Å². The van der Waals surface area contributed by atoms with Gasteiger partial charge in [0.1, 0.15) is 11.4 Å². The van der Waals surface area contributed by atoms with Crippen molar-refractivity contribution in [1.82, 2.24) is 4.98 Å². The zero-order valence-corrected chi connectivity index (χ0v) is 27.0. The lowest BCUT2D eigenvalue weighted by atomic mass is 9.85. The van der Waals surface area contributed by atoms with Gasteiger partial charge >= 0.3 is 5.97 Å². The summed E-state index contributed by atoms with van der Waals surface area (Å²) in [6.07, 6.45) is 6.85. The number of benzene rings is 2. The molecule has 2 atom stereocenters. The molecule has 7 heteroatoms. The Morgan fingerprint density at radius 3 is 2.52 bits per heavy atom. The molecule has 0 bridgehead atoms. The SMILES string of the molecule is CC(C)c1nc2c(c(-c3ccc(F)cc3)c1C=C[C@@H]1C[C@H](CC(=O)OC(C)(C)C)OC(C)(C)O1)-c1ccc(N)cc1CCC2. The highest BCUT2D eigenvalue weighted by atomic mass is 19.1. The number of halogens is 1. The molecule has 2 aromatic carbocycles. The number of rotatable bonds is 6. The molecule has 1 aliphatic carbocycles. The van der Waals surface area contributed by atoms with Gasteiger partial charge in [0.2, 0.25) is 0 Å². The summed E-state index contributed by atoms with van der Waals surface area (Å²) in [6, 6.07) is 12.8. The van der Waals surface area contributed by atoms with Crippen molar-refractivity contribution in [3.8, 4) is 22.3 Å². The van der Waals surface area contributed by atoms with E-state index in [-0.39, 0.29) is 36.3 Å². The van der Waals surface area contributed by atoms with E-state index >= 15 is 0 Å². The second kappa shape index (κ2) is 12.4. The van der Waals surface area contributed by atoms with Gasteiger partial charge in [0.25, 0.3) is 0 Å². The van der Waals surface area contributed by atoms with Crippen molar-refractivity contribution in [3.05, 3.63) is 76.9 Å². The molecule has 44 heavy (non-hydrogen) atoms. The Hall–Kier alpha value is -3.55. The number of hydrogen-bond donors (Lipinski definition) is 1. The van der Waals surface area contributed by atoms with Crippen LogP contribution in [-0.2, 0) is 31.8 Å². The fraction of sp³-hybridized carbons (Fsp3) is 0.459. The molecule has 5 rings (SSSR count). The minimum Gasteiger partial charge on any atom is -0.460 e. The first-order valence-corrected chi connectivity index (χ1v) is 15.7. The van der Waals surface area contributed by atoms with E-state index < -0.39 is 11.4 Å². The molecule has 0 amide bonds. The van der Waals surface area contributed by atoms with Crippen LogP contribution in [-0.4, -0.2) is 34.5 Å². The summed E-state index contributed by atoms with van der Waals surface area (Å²) >= 11 is 0. The maximum absolute atomic E-state index is 14.2. The van der Waals surface area contributed by atoms with Crippen molar-refractivity contribution in [2.75, 3.05) is 5.73 Å². The van der Waals surface area contributed by atoms with Crippen molar-refractivity contribution in [1.29, 1.82) is 0 Å². The zero-order valence-electron chi connectivity index (χ0n) is 27.0. The number of ether oxygens (including phenoxy) is 3. The monoisotopic (exact) mass is 600 g/mol. The van der Waals surface area contributed by atoms with Gasteiger partial charge < -0.3 is 19.9 Å². The van der Waals surface area contributed by atoms with Crippen LogP contribution in [0.25, 0.3) is 28.3 Å². The fourth-order valence-corrected chi connectivity index (χ4v) is 6.34. The second-order valence-electron chi connectivity index (χ2n) is 13.7. The standard InChI is InChI=1S/C37H45FN2O4/c1-22(2)35-30(18-16-27-20-28(43-37(6,7)42-27)21-32(41)44-36(3,4)5)33(23-11-13-25(38)14-12-23)34-29-17-15-26(39)19-24(29)9-8-10-31(34)40-35/h11-19,22,27-28H,8-10,20-21,39H2,1-7H3/t27-,28-/m1/s1. The van der Waals surface area contributed by atoms with Crippen LogP contribution in [0.5, 0.6) is 0 Å². The molecule has 234 valence electrons. The topological polar surface area (TPSA) is 83.7 Å². The molecule has 0 spiro atoms. The van der Waals surface area contributed by atoms with E-state index in [4.69, 9.17) is 24.9 Å². The summed E-state index contributed by atoms with van der Waals surface area (Å²) in [7, 11) is 0. The van der Waals surface area contributed by atoms with Crippen molar-refractivity contribution >= 4 is 17.7 Å². The van der Waals surface area contributed by atoms with E-state index in [0.717, 1.165) is 64.2 Å². The van der Waals surface area contributed by atoms with Gasteiger partial charge in [-0.15, -0.1) is 0 Å². The average Bonchev–Trinajstić information content (AvgIpc) is 3.08. The first-order chi connectivity index (χ1) is 20.7. The summed E-state index contributed by atoms with van der Waals surface area (Å²) in [4.78, 5) is 17.9. The summed E-state index contributed by atoms with van der Waals surface area (Å²) in [5.41, 5.74) is 14.7. The molecule has 1 saturated heterocycles. The van der Waals surface area contributed by atoms with Crippen molar-refractivity contribution in [2.45, 2.75) is 110 Å². The van der Waals surface area contributed by atoms with Crippen molar-refractivity contribution in [2.24, 2.45) is 0 Å². The van der Waals surface area contributed by atoms with E-state index in [1.165, 1.54) is 17.7 Å². The van der Waals surface area contributed by atoms with E-state index in [0.29, 0.717) is 6.42 Å². The molecule has 0 unspecified atom stereocenters. The van der Waals surface area contributed by atoms with E-state index in [1.807, 2.05) is 52.8 Å². The Morgan fingerprint density at radius 2 is 1.84 bits per heavy atom. The van der Waals surface area contributed by atoms with Crippen molar-refractivity contribution < 1.29 is 23.4 Å². The molecule has 0 saturated carbocycles. The van der Waals surface area contributed by atoms with Crippen LogP contribution in [0.3, 0.4) is 0 Å². The molecule has 6 nitrogen and oxygen atoms in total. The van der Waals surface area contributed by atoms with Crippen LogP contribution in [0, 0.1) is 5.82 Å². The van der Waals surface area contributed by atoms with Crippen molar-refractivity contribution in [3.63, 3.8) is 0 Å². The van der Waals surface area contributed by atoms with E-state index in [9.17, 15) is 9.18 Å². The zero-order chi connectivity index (χ0) is 31.8. The number of aromatic nitrogens is 1. The average molecular weight is 601 g/mol. The van der Waals surface area contributed by atoms with Gasteiger partial charge in [-0.25, -0.2) is 4.39 Å². The van der Waals surface area contributed by atoms with Crippen LogP contribution in [0.1, 0.15) is 96.2 Å². The third-order valence-corrected chi connectivity index (χ3v) is 7.95. The Balaban J connectivity index is 1.62. The first kappa shape index (κ1) is 31.9. The third-order valence-electron chi connectivity index (χ3n) is 7.95. The van der Waals surface area contributed by atoms with Crippen LogP contribution >= 0.6 is 0 Å². The number of aryl methyl sites for hydroxylation is 2. The molecule has 3 aromatic rings. The number of carbonyl (C=O) groups excluding carboxylic acids is 1. The highest BCUT2D eigenvalue weighted by molar-refractivity contribution is 5.93. The minimum absolute atomic E-state index is 0.139. The number of pyridine rings is 1. The molecular formula is C37H45FN2O4. The minimum atomic E-state index is -0.883. The van der Waals surface area contributed by atoms with Crippen LogP contribution < -0.4 is 5.73 Å². The van der Waals surface area contributed by atoms with Crippen LogP contribution in [0.4, 0.5) is 10.1 Å². The Morgan fingerprint density at radius 1 is 1.11 bits per heavy atom. The lowest BCUT2D eigenvalue weighted by molar-refractivity contribution is -0.290. The number of esters is 1.